The number of aliphatic carboxylic acids is 1. The third-order valence-electron chi connectivity index (χ3n) is 6.87. The van der Waals surface area contributed by atoms with Gasteiger partial charge in [0, 0.05) is 19.6 Å². The Bertz CT molecular complexity index is 1170. The summed E-state index contributed by atoms with van der Waals surface area (Å²) in [4.78, 5) is 22.6. The van der Waals surface area contributed by atoms with Gasteiger partial charge in [0.2, 0.25) is 0 Å². The van der Waals surface area contributed by atoms with E-state index in [1.54, 1.807) is 12.1 Å². The van der Waals surface area contributed by atoms with Gasteiger partial charge in [-0.05, 0) is 59.6 Å². The summed E-state index contributed by atoms with van der Waals surface area (Å²) >= 11 is 0. The summed E-state index contributed by atoms with van der Waals surface area (Å²) in [6, 6.07) is 26.6. The molecule has 0 spiro atoms. The van der Waals surface area contributed by atoms with Crippen LogP contribution in [0.1, 0.15) is 53.6 Å². The number of carbonyl (C=O) groups is 2. The lowest BCUT2D eigenvalue weighted by Crippen LogP contribution is -2.32. The quantitative estimate of drug-likeness (QED) is 0.297. The van der Waals surface area contributed by atoms with Gasteiger partial charge in [0.05, 0.1) is 5.56 Å². The molecule has 39 heavy (non-hydrogen) atoms. The second kappa shape index (κ2) is 14.5. The van der Waals surface area contributed by atoms with Gasteiger partial charge in [-0.25, -0.2) is 9.59 Å². The highest BCUT2D eigenvalue weighted by Crippen LogP contribution is 2.26. The maximum atomic E-state index is 11.1. The maximum absolute atomic E-state index is 11.1. The van der Waals surface area contributed by atoms with Crippen LogP contribution in [0.15, 0.2) is 78.9 Å². The van der Waals surface area contributed by atoms with E-state index in [1.807, 2.05) is 12.1 Å². The van der Waals surface area contributed by atoms with Gasteiger partial charge in [-0.15, -0.1) is 0 Å². The highest BCUT2D eigenvalue weighted by molar-refractivity contribution is 5.88. The van der Waals surface area contributed by atoms with Gasteiger partial charge in [-0.3, -0.25) is 4.90 Å². The Kier molecular flexibility index (Phi) is 11.1. The summed E-state index contributed by atoms with van der Waals surface area (Å²) < 4.78 is 31.7. The largest absolute Gasteiger partial charge is 0.490 e. The predicted octanol–water partition coefficient (Wildman–Crippen LogP) is 7.31. The van der Waals surface area contributed by atoms with E-state index in [0.29, 0.717) is 5.56 Å². The Morgan fingerprint density at radius 1 is 0.769 bits per heavy atom. The third kappa shape index (κ3) is 10.2. The molecule has 1 aliphatic rings. The van der Waals surface area contributed by atoms with Crippen LogP contribution in [-0.4, -0.2) is 46.3 Å². The fraction of sp³-hybridized carbons (Fsp3) is 0.355. The van der Waals surface area contributed by atoms with E-state index in [9.17, 15) is 18.0 Å². The van der Waals surface area contributed by atoms with Crippen molar-refractivity contribution in [2.75, 3.05) is 13.1 Å². The molecule has 5 nitrogen and oxygen atoms in total. The van der Waals surface area contributed by atoms with Gasteiger partial charge < -0.3 is 10.2 Å². The smallest absolute Gasteiger partial charge is 0.478 e. The van der Waals surface area contributed by atoms with Crippen molar-refractivity contribution in [2.24, 2.45) is 5.92 Å². The Hall–Kier alpha value is -3.65. The molecule has 2 N–H and O–H groups in total. The van der Waals surface area contributed by atoms with E-state index in [4.69, 9.17) is 15.0 Å². The molecule has 0 radical (unpaired) electrons. The van der Waals surface area contributed by atoms with E-state index in [1.165, 1.54) is 49.8 Å². The number of nitrogens with zero attached hydrogens (tertiary/aromatic N) is 1. The lowest BCUT2D eigenvalue weighted by Gasteiger charge is -2.30. The monoisotopic (exact) mass is 541 g/mol. The van der Waals surface area contributed by atoms with E-state index < -0.39 is 18.1 Å². The van der Waals surface area contributed by atoms with Crippen molar-refractivity contribution in [3.8, 4) is 11.1 Å². The van der Waals surface area contributed by atoms with Gasteiger partial charge in [0.25, 0.3) is 0 Å². The Morgan fingerprint density at radius 2 is 1.31 bits per heavy atom. The molecule has 1 saturated carbocycles. The van der Waals surface area contributed by atoms with Crippen LogP contribution in [0.3, 0.4) is 0 Å². The second-order valence-electron chi connectivity index (χ2n) is 9.86. The van der Waals surface area contributed by atoms with Crippen molar-refractivity contribution >= 4 is 11.9 Å². The Labute approximate surface area is 226 Å². The first-order chi connectivity index (χ1) is 18.6. The highest BCUT2D eigenvalue weighted by atomic mass is 19.4. The minimum Gasteiger partial charge on any atom is -0.478 e. The molecule has 208 valence electrons. The zero-order chi connectivity index (χ0) is 28.3. The number of aromatic carboxylic acids is 1. The van der Waals surface area contributed by atoms with Crippen molar-refractivity contribution < 1.29 is 33.0 Å². The molecule has 1 fully saturated rings. The lowest BCUT2D eigenvalue weighted by molar-refractivity contribution is -0.192. The number of benzene rings is 3. The second-order valence-corrected chi connectivity index (χ2v) is 9.86. The first-order valence-electron chi connectivity index (χ1n) is 13.1. The van der Waals surface area contributed by atoms with Crippen molar-refractivity contribution in [3.63, 3.8) is 0 Å². The van der Waals surface area contributed by atoms with E-state index in [2.05, 4.69) is 59.5 Å². The lowest BCUT2D eigenvalue weighted by atomic mass is 9.88. The first kappa shape index (κ1) is 29.9. The fourth-order valence-electron chi connectivity index (χ4n) is 4.77. The molecule has 0 aromatic heterocycles. The van der Waals surface area contributed by atoms with Crippen LogP contribution in [0.4, 0.5) is 13.2 Å². The van der Waals surface area contributed by atoms with Gasteiger partial charge >= 0.3 is 18.1 Å². The molecule has 1 aliphatic carbocycles. The van der Waals surface area contributed by atoms with Crippen LogP contribution in [0.25, 0.3) is 11.1 Å². The molecule has 0 unspecified atom stereocenters. The van der Waals surface area contributed by atoms with Gasteiger partial charge in [-0.2, -0.15) is 13.2 Å². The first-order valence-corrected chi connectivity index (χ1v) is 13.1. The number of halogens is 3. The Balaban J connectivity index is 0.000000532. The number of hydrogen-bond acceptors (Lipinski definition) is 3. The highest BCUT2D eigenvalue weighted by Gasteiger charge is 2.38. The molecule has 0 heterocycles. The molecule has 4 rings (SSSR count). The minimum absolute atomic E-state index is 0.321. The van der Waals surface area contributed by atoms with Crippen molar-refractivity contribution in [2.45, 2.75) is 51.2 Å². The van der Waals surface area contributed by atoms with E-state index in [-0.39, 0.29) is 0 Å². The number of rotatable bonds is 9. The van der Waals surface area contributed by atoms with E-state index >= 15 is 0 Å². The molecule has 0 aliphatic heterocycles. The molecule has 0 bridgehead atoms. The molecule has 0 amide bonds. The summed E-state index contributed by atoms with van der Waals surface area (Å²) in [6.45, 7) is 3.24. The van der Waals surface area contributed by atoms with Crippen LogP contribution in [0.5, 0.6) is 0 Å². The summed E-state index contributed by atoms with van der Waals surface area (Å²) in [5, 5.41) is 16.2. The van der Waals surface area contributed by atoms with Gasteiger partial charge in [0.1, 0.15) is 0 Å². The number of carboxylic acids is 2. The summed E-state index contributed by atoms with van der Waals surface area (Å²) in [6.07, 6.45) is 2.90. The molecule has 0 saturated heterocycles. The third-order valence-corrected chi connectivity index (χ3v) is 6.87. The zero-order valence-corrected chi connectivity index (χ0v) is 21.7. The number of hydrogen-bond donors (Lipinski definition) is 2. The minimum atomic E-state index is -5.08. The summed E-state index contributed by atoms with van der Waals surface area (Å²) in [7, 11) is 0. The van der Waals surface area contributed by atoms with Gasteiger partial charge in [0.15, 0.2) is 0 Å². The molecule has 3 aromatic carbocycles. The standard InChI is InChI=1S/C29H33NO2.C2HF3O2/c31-29(32)28-17-15-27(16-18-28)26-13-11-25(12-14-26)22-30(21-24-9-5-2-6-10-24)20-19-23-7-3-1-4-8-23;3-2(4,5)1(6)7/h1,3-4,7-8,11-18,24H,2,5-6,9-10,19-22H2,(H,31,32);(H,6,7). The van der Waals surface area contributed by atoms with Crippen LogP contribution in [0.2, 0.25) is 0 Å². The predicted molar refractivity (Wildman–Crippen MR) is 145 cm³/mol. The normalized spacial score (nSPS) is 13.9. The van der Waals surface area contributed by atoms with E-state index in [0.717, 1.165) is 36.6 Å². The van der Waals surface area contributed by atoms with Crippen LogP contribution in [-0.2, 0) is 17.8 Å². The van der Waals surface area contributed by atoms with Crippen LogP contribution in [0, 0.1) is 5.92 Å². The van der Waals surface area contributed by atoms with Crippen LogP contribution >= 0.6 is 0 Å². The molecule has 3 aromatic rings. The SMILES string of the molecule is O=C(O)C(F)(F)F.O=C(O)c1ccc(-c2ccc(CN(CCc3ccccc3)CC3CCCCC3)cc2)cc1. The summed E-state index contributed by atoms with van der Waals surface area (Å²) in [5.41, 5.74) is 5.22. The fourth-order valence-corrected chi connectivity index (χ4v) is 4.77. The average Bonchev–Trinajstić information content (AvgIpc) is 2.93. The molecule has 8 heteroatoms. The molecular weight excluding hydrogens is 507 g/mol. The molecular formula is C31H34F3NO4. The number of alkyl halides is 3. The maximum Gasteiger partial charge on any atom is 0.490 e. The Morgan fingerprint density at radius 3 is 1.82 bits per heavy atom. The van der Waals surface area contributed by atoms with Crippen molar-refractivity contribution in [3.05, 3.63) is 95.6 Å². The zero-order valence-electron chi connectivity index (χ0n) is 21.7. The van der Waals surface area contributed by atoms with Gasteiger partial charge in [-0.1, -0.05) is 86.0 Å². The van der Waals surface area contributed by atoms with Crippen molar-refractivity contribution in [1.29, 1.82) is 0 Å². The summed E-state index contributed by atoms with van der Waals surface area (Å²) in [5.74, 6) is -2.82. The van der Waals surface area contributed by atoms with Crippen molar-refractivity contribution in [1.82, 2.24) is 4.90 Å². The topological polar surface area (TPSA) is 77.8 Å². The molecule has 0 atom stereocenters. The van der Waals surface area contributed by atoms with Crippen LogP contribution < -0.4 is 0 Å². The average molecular weight is 542 g/mol. The number of carboxylic acid groups (broad SMARTS) is 2.